The number of aryl methyl sites for hydroxylation is 4. The third kappa shape index (κ3) is 6.57. The number of carbonyl (C=O) groups excluding carboxylic acids is 2. The molecule has 3 aromatic rings. The molecule has 34 heavy (non-hydrogen) atoms. The Bertz CT molecular complexity index is 1300. The van der Waals surface area contributed by atoms with E-state index in [1.165, 1.54) is 6.08 Å². The van der Waals surface area contributed by atoms with Crippen molar-refractivity contribution < 1.29 is 14.3 Å². The van der Waals surface area contributed by atoms with E-state index in [9.17, 15) is 14.9 Å². The van der Waals surface area contributed by atoms with Crippen molar-refractivity contribution in [2.24, 2.45) is 0 Å². The van der Waals surface area contributed by atoms with Crippen LogP contribution in [0.1, 0.15) is 27.8 Å². The third-order valence-corrected chi connectivity index (χ3v) is 5.20. The number of nitrogens with one attached hydrogen (secondary N) is 2. The van der Waals surface area contributed by atoms with Gasteiger partial charge in [0.15, 0.2) is 6.61 Å². The smallest absolute Gasteiger partial charge is 0.266 e. The van der Waals surface area contributed by atoms with E-state index in [2.05, 4.69) is 10.6 Å². The van der Waals surface area contributed by atoms with Gasteiger partial charge in [0, 0.05) is 11.4 Å². The molecule has 172 valence electrons. The van der Waals surface area contributed by atoms with Gasteiger partial charge in [0.05, 0.1) is 0 Å². The van der Waals surface area contributed by atoms with Gasteiger partial charge in [-0.3, -0.25) is 9.59 Å². The lowest BCUT2D eigenvalue weighted by atomic mass is 10.1. The number of hydrogen-bond donors (Lipinski definition) is 2. The van der Waals surface area contributed by atoms with E-state index in [1.807, 2.05) is 70.2 Å². The number of rotatable bonds is 7. The van der Waals surface area contributed by atoms with Crippen molar-refractivity contribution in [2.45, 2.75) is 27.7 Å². The maximum Gasteiger partial charge on any atom is 0.266 e. The normalized spacial score (nSPS) is 10.9. The number of nitrogens with zero attached hydrogens (tertiary/aromatic N) is 1. The molecule has 0 saturated heterocycles. The zero-order valence-electron chi connectivity index (χ0n) is 19.7. The quantitative estimate of drug-likeness (QED) is 0.366. The Labute approximate surface area is 199 Å². The van der Waals surface area contributed by atoms with Gasteiger partial charge < -0.3 is 15.4 Å². The van der Waals surface area contributed by atoms with Crippen molar-refractivity contribution >= 4 is 29.3 Å². The summed E-state index contributed by atoms with van der Waals surface area (Å²) in [6.07, 6.45) is 1.49. The zero-order valence-corrected chi connectivity index (χ0v) is 19.7. The van der Waals surface area contributed by atoms with Gasteiger partial charge in [0.1, 0.15) is 17.4 Å². The molecule has 0 radical (unpaired) electrons. The van der Waals surface area contributed by atoms with Gasteiger partial charge in [0.2, 0.25) is 0 Å². The van der Waals surface area contributed by atoms with Crippen molar-refractivity contribution in [3.8, 4) is 11.8 Å². The van der Waals surface area contributed by atoms with Crippen LogP contribution in [0.3, 0.4) is 0 Å². The molecule has 0 atom stereocenters. The largest absolute Gasteiger partial charge is 0.484 e. The van der Waals surface area contributed by atoms with Crippen molar-refractivity contribution in [1.82, 2.24) is 0 Å². The summed E-state index contributed by atoms with van der Waals surface area (Å²) < 4.78 is 5.62. The third-order valence-electron chi connectivity index (χ3n) is 5.20. The fraction of sp³-hybridized carbons (Fsp3) is 0.179. The van der Waals surface area contributed by atoms with Crippen LogP contribution in [0.4, 0.5) is 11.4 Å². The number of benzene rings is 3. The van der Waals surface area contributed by atoms with Gasteiger partial charge in [-0.05, 0) is 80.3 Å². The van der Waals surface area contributed by atoms with E-state index in [0.717, 1.165) is 27.9 Å². The average Bonchev–Trinajstić information content (AvgIpc) is 2.80. The summed E-state index contributed by atoms with van der Waals surface area (Å²) in [5.74, 6) is -0.314. The first-order chi connectivity index (χ1) is 16.2. The van der Waals surface area contributed by atoms with Crippen LogP contribution in [0.15, 0.2) is 66.2 Å². The van der Waals surface area contributed by atoms with Crippen LogP contribution in [-0.2, 0) is 9.59 Å². The molecule has 2 amide bonds. The molecular formula is C28H27N3O3. The van der Waals surface area contributed by atoms with Gasteiger partial charge >= 0.3 is 0 Å². The van der Waals surface area contributed by atoms with Crippen LogP contribution >= 0.6 is 0 Å². The molecule has 0 aliphatic rings. The Balaban J connectivity index is 1.66. The van der Waals surface area contributed by atoms with E-state index >= 15 is 0 Å². The minimum Gasteiger partial charge on any atom is -0.484 e. The topological polar surface area (TPSA) is 91.2 Å². The summed E-state index contributed by atoms with van der Waals surface area (Å²) in [5.41, 5.74) is 6.00. The van der Waals surface area contributed by atoms with E-state index in [-0.39, 0.29) is 18.1 Å². The fourth-order valence-corrected chi connectivity index (χ4v) is 3.36. The Morgan fingerprint density at radius 1 is 0.882 bits per heavy atom. The number of ether oxygens (including phenoxy) is 1. The number of anilines is 2. The average molecular weight is 454 g/mol. The summed E-state index contributed by atoms with van der Waals surface area (Å²) in [4.78, 5) is 24.9. The molecule has 0 aliphatic carbocycles. The molecule has 2 N–H and O–H groups in total. The van der Waals surface area contributed by atoms with Gasteiger partial charge in [-0.2, -0.15) is 5.26 Å². The van der Waals surface area contributed by atoms with Gasteiger partial charge in [-0.15, -0.1) is 0 Å². The lowest BCUT2D eigenvalue weighted by Gasteiger charge is -2.11. The van der Waals surface area contributed by atoms with Crippen molar-refractivity contribution in [3.05, 3.63) is 94.1 Å². The summed E-state index contributed by atoms with van der Waals surface area (Å²) in [7, 11) is 0. The Morgan fingerprint density at radius 3 is 2.35 bits per heavy atom. The highest BCUT2D eigenvalue weighted by atomic mass is 16.5. The molecule has 0 heterocycles. The van der Waals surface area contributed by atoms with E-state index in [4.69, 9.17) is 4.74 Å². The lowest BCUT2D eigenvalue weighted by molar-refractivity contribution is -0.118. The molecule has 6 heteroatoms. The van der Waals surface area contributed by atoms with Crippen molar-refractivity contribution in [1.29, 1.82) is 5.26 Å². The highest BCUT2D eigenvalue weighted by molar-refractivity contribution is 6.10. The molecule has 0 fully saturated rings. The monoisotopic (exact) mass is 453 g/mol. The summed E-state index contributed by atoms with van der Waals surface area (Å²) in [6.45, 7) is 7.59. The maximum atomic E-state index is 12.6. The van der Waals surface area contributed by atoms with E-state index in [1.54, 1.807) is 24.3 Å². The second-order valence-electron chi connectivity index (χ2n) is 8.17. The highest BCUT2D eigenvalue weighted by Crippen LogP contribution is 2.20. The zero-order chi connectivity index (χ0) is 24.7. The minimum absolute atomic E-state index is 0.0372. The first-order valence-corrected chi connectivity index (χ1v) is 10.9. The van der Waals surface area contributed by atoms with Crippen LogP contribution in [0.5, 0.6) is 5.75 Å². The predicted octanol–water partition coefficient (Wildman–Crippen LogP) is 5.48. The molecule has 0 spiro atoms. The van der Waals surface area contributed by atoms with Crippen LogP contribution in [0.25, 0.3) is 6.08 Å². The number of carbonyl (C=O) groups is 2. The van der Waals surface area contributed by atoms with Gasteiger partial charge in [-0.25, -0.2) is 0 Å². The molecule has 3 rings (SSSR count). The van der Waals surface area contributed by atoms with E-state index < -0.39 is 5.91 Å². The molecule has 0 aliphatic heterocycles. The lowest BCUT2D eigenvalue weighted by Crippen LogP contribution is -2.20. The molecule has 0 bridgehead atoms. The number of hydrogen-bond acceptors (Lipinski definition) is 4. The van der Waals surface area contributed by atoms with Crippen LogP contribution in [-0.4, -0.2) is 18.4 Å². The van der Waals surface area contributed by atoms with Crippen molar-refractivity contribution in [2.75, 3.05) is 17.2 Å². The minimum atomic E-state index is -0.492. The SMILES string of the molecule is Cc1ccc(NC(=O)/C(C#N)=C/c2cccc(OCC(=O)Nc3cc(C)ccc3C)c2)c(C)c1. The van der Waals surface area contributed by atoms with Crippen LogP contribution in [0.2, 0.25) is 0 Å². The molecule has 3 aromatic carbocycles. The molecule has 6 nitrogen and oxygen atoms in total. The molecule has 0 saturated carbocycles. The highest BCUT2D eigenvalue weighted by Gasteiger charge is 2.12. The Hall–Kier alpha value is -4.37. The molecule has 0 aromatic heterocycles. The molecular weight excluding hydrogens is 426 g/mol. The first-order valence-electron chi connectivity index (χ1n) is 10.9. The maximum absolute atomic E-state index is 12.6. The number of amides is 2. The summed E-state index contributed by atoms with van der Waals surface area (Å²) in [5, 5.41) is 15.1. The summed E-state index contributed by atoms with van der Waals surface area (Å²) in [6, 6.07) is 20.3. The predicted molar refractivity (Wildman–Crippen MR) is 135 cm³/mol. The molecule has 0 unspecified atom stereocenters. The van der Waals surface area contributed by atoms with Gasteiger partial charge in [0.25, 0.3) is 11.8 Å². The fourth-order valence-electron chi connectivity index (χ4n) is 3.36. The Kier molecular flexibility index (Phi) is 7.83. The first kappa shape index (κ1) is 24.3. The number of nitriles is 1. The second kappa shape index (κ2) is 11.0. The second-order valence-corrected chi connectivity index (χ2v) is 8.17. The van der Waals surface area contributed by atoms with E-state index in [0.29, 0.717) is 17.0 Å². The van der Waals surface area contributed by atoms with Crippen LogP contribution < -0.4 is 15.4 Å². The van der Waals surface area contributed by atoms with Crippen LogP contribution in [0, 0.1) is 39.0 Å². The summed E-state index contributed by atoms with van der Waals surface area (Å²) >= 11 is 0. The van der Waals surface area contributed by atoms with Gasteiger partial charge in [-0.1, -0.05) is 42.0 Å². The Morgan fingerprint density at radius 2 is 1.62 bits per heavy atom. The standard InChI is InChI=1S/C28H27N3O3/c1-18-9-11-25(21(4)12-18)31-28(33)23(16-29)14-22-6-5-7-24(15-22)34-17-27(32)30-26-13-19(2)8-10-20(26)3/h5-15H,17H2,1-4H3,(H,30,32)(H,31,33)/b23-14+. The van der Waals surface area contributed by atoms with Crippen molar-refractivity contribution in [3.63, 3.8) is 0 Å².